The molecule has 6 rings (SSSR count). The number of nitrogens with two attached hydrogens (primary N) is 1. The first-order valence-electron chi connectivity index (χ1n) is 13.6. The zero-order valence-corrected chi connectivity index (χ0v) is 22.1. The first-order chi connectivity index (χ1) is 19.5. The molecule has 4 N–H and O–H groups in total. The highest BCUT2D eigenvalue weighted by molar-refractivity contribution is 5.96. The number of hydrogen-bond donors (Lipinski definition) is 3. The molecular weight excluding hydrogens is 508 g/mol. The maximum Gasteiger partial charge on any atom is 0.271 e. The standard InChI is InChI=1S/C29H32N8O3/c30-27(38)26-28(33-22-6-3-19(4-7-22)20-9-14-40-15-10-20)35-25(16-32-26)36-12-1-2-23(18-36)34-29(39)21-5-8-24-31-11-13-37(24)17-21/h3-8,11,13,16-17,20,23H,1-2,9-10,12,14-15,18H2,(H2,30,38)(H,33,35)(H,34,39)/t23-/m1/s1. The van der Waals surface area contributed by atoms with Crippen LogP contribution in [0.15, 0.2) is 61.2 Å². The average molecular weight is 541 g/mol. The van der Waals surface area contributed by atoms with Gasteiger partial charge in [0.2, 0.25) is 0 Å². The summed E-state index contributed by atoms with van der Waals surface area (Å²) in [5.41, 5.74) is 9.13. The molecule has 2 amide bonds. The van der Waals surface area contributed by atoms with Crippen molar-refractivity contribution in [3.63, 3.8) is 0 Å². The van der Waals surface area contributed by atoms with Crippen LogP contribution in [0.2, 0.25) is 0 Å². The molecule has 2 aliphatic heterocycles. The van der Waals surface area contributed by atoms with Crippen molar-refractivity contribution in [3.8, 4) is 0 Å². The van der Waals surface area contributed by atoms with E-state index < -0.39 is 5.91 Å². The molecule has 2 fully saturated rings. The minimum atomic E-state index is -0.654. The quantitative estimate of drug-likeness (QED) is 0.325. The highest BCUT2D eigenvalue weighted by Crippen LogP contribution is 2.29. The molecule has 3 aromatic heterocycles. The first kappa shape index (κ1) is 25.8. The van der Waals surface area contributed by atoms with Gasteiger partial charge in [0.05, 0.1) is 11.8 Å². The minimum absolute atomic E-state index is 0.0634. The Bertz CT molecular complexity index is 1510. The number of ether oxygens (including phenoxy) is 1. The Hall–Kier alpha value is -4.51. The predicted molar refractivity (Wildman–Crippen MR) is 151 cm³/mol. The third-order valence-corrected chi connectivity index (χ3v) is 7.59. The molecule has 0 saturated carbocycles. The molecule has 0 aliphatic carbocycles. The van der Waals surface area contributed by atoms with Crippen LogP contribution in [0.3, 0.4) is 0 Å². The number of anilines is 3. The molecule has 2 saturated heterocycles. The lowest BCUT2D eigenvalue weighted by Crippen LogP contribution is -2.48. The second-order valence-corrected chi connectivity index (χ2v) is 10.3. The molecule has 2 aliphatic rings. The van der Waals surface area contributed by atoms with E-state index in [-0.39, 0.29) is 17.6 Å². The number of carbonyl (C=O) groups is 2. The van der Waals surface area contributed by atoms with E-state index in [0.717, 1.165) is 56.8 Å². The van der Waals surface area contributed by atoms with E-state index in [4.69, 9.17) is 15.5 Å². The van der Waals surface area contributed by atoms with Crippen LogP contribution in [0.1, 0.15) is 58.0 Å². The number of nitrogens with zero attached hydrogens (tertiary/aromatic N) is 5. The number of imidazole rings is 1. The van der Waals surface area contributed by atoms with Gasteiger partial charge in [0.1, 0.15) is 11.5 Å². The highest BCUT2D eigenvalue weighted by atomic mass is 16.5. The van der Waals surface area contributed by atoms with E-state index in [1.54, 1.807) is 24.7 Å². The molecule has 5 heterocycles. The summed E-state index contributed by atoms with van der Waals surface area (Å²) in [5.74, 6) is 0.630. The fourth-order valence-corrected chi connectivity index (χ4v) is 5.43. The topological polar surface area (TPSA) is 140 Å². The van der Waals surface area contributed by atoms with Gasteiger partial charge in [-0.15, -0.1) is 0 Å². The summed E-state index contributed by atoms with van der Waals surface area (Å²) in [6.07, 6.45) is 10.6. The molecule has 0 radical (unpaired) electrons. The number of benzene rings is 1. The largest absolute Gasteiger partial charge is 0.381 e. The van der Waals surface area contributed by atoms with Gasteiger partial charge in [-0.2, -0.15) is 0 Å². The van der Waals surface area contributed by atoms with Crippen LogP contribution in [0, 0.1) is 0 Å². The van der Waals surface area contributed by atoms with Crippen LogP contribution in [-0.2, 0) is 4.74 Å². The van der Waals surface area contributed by atoms with Gasteiger partial charge < -0.3 is 30.4 Å². The molecule has 1 aromatic carbocycles. The van der Waals surface area contributed by atoms with Crippen molar-refractivity contribution in [1.29, 1.82) is 0 Å². The van der Waals surface area contributed by atoms with E-state index in [1.807, 2.05) is 28.8 Å². The normalized spacial score (nSPS) is 18.0. The maximum absolute atomic E-state index is 13.0. The molecule has 11 nitrogen and oxygen atoms in total. The van der Waals surface area contributed by atoms with E-state index >= 15 is 0 Å². The molecule has 11 heteroatoms. The number of rotatable bonds is 7. The Kier molecular flexibility index (Phi) is 7.28. The summed E-state index contributed by atoms with van der Waals surface area (Å²) in [6.45, 7) is 2.91. The van der Waals surface area contributed by atoms with E-state index in [2.05, 4.69) is 37.6 Å². The third kappa shape index (κ3) is 5.59. The monoisotopic (exact) mass is 540 g/mol. The fourth-order valence-electron chi connectivity index (χ4n) is 5.43. The van der Waals surface area contributed by atoms with Crippen molar-refractivity contribution >= 4 is 34.8 Å². The van der Waals surface area contributed by atoms with Gasteiger partial charge in [-0.1, -0.05) is 12.1 Å². The second kappa shape index (κ2) is 11.3. The number of nitrogens with one attached hydrogen (secondary N) is 2. The van der Waals surface area contributed by atoms with Gasteiger partial charge in [-0.25, -0.2) is 15.0 Å². The molecule has 0 spiro atoms. The van der Waals surface area contributed by atoms with Gasteiger partial charge in [0.25, 0.3) is 11.8 Å². The molecule has 1 atom stereocenters. The molecule has 206 valence electrons. The smallest absolute Gasteiger partial charge is 0.271 e. The first-order valence-corrected chi connectivity index (χ1v) is 13.6. The maximum atomic E-state index is 13.0. The zero-order valence-electron chi connectivity index (χ0n) is 22.1. The van der Waals surface area contributed by atoms with Crippen molar-refractivity contribution in [2.45, 2.75) is 37.6 Å². The Labute approximate surface area is 231 Å². The number of hydrogen-bond acceptors (Lipinski definition) is 8. The summed E-state index contributed by atoms with van der Waals surface area (Å²) in [6, 6.07) is 11.7. The van der Waals surface area contributed by atoms with Crippen molar-refractivity contribution in [2.75, 3.05) is 36.5 Å². The molecule has 0 bridgehead atoms. The molecule has 4 aromatic rings. The van der Waals surface area contributed by atoms with Crippen LogP contribution in [-0.4, -0.2) is 63.5 Å². The number of fused-ring (bicyclic) bond motifs is 1. The lowest BCUT2D eigenvalue weighted by molar-refractivity contribution is 0.0853. The van der Waals surface area contributed by atoms with Crippen LogP contribution >= 0.6 is 0 Å². The summed E-state index contributed by atoms with van der Waals surface area (Å²) >= 11 is 0. The summed E-state index contributed by atoms with van der Waals surface area (Å²) < 4.78 is 7.30. The minimum Gasteiger partial charge on any atom is -0.381 e. The Balaban J connectivity index is 1.15. The highest BCUT2D eigenvalue weighted by Gasteiger charge is 2.25. The van der Waals surface area contributed by atoms with Crippen LogP contribution in [0.4, 0.5) is 17.3 Å². The van der Waals surface area contributed by atoms with Gasteiger partial charge in [0, 0.05) is 56.6 Å². The third-order valence-electron chi connectivity index (χ3n) is 7.59. The number of pyridine rings is 1. The number of aromatic nitrogens is 4. The Morgan fingerprint density at radius 2 is 1.85 bits per heavy atom. The van der Waals surface area contributed by atoms with Crippen molar-refractivity contribution in [2.24, 2.45) is 5.73 Å². The number of carbonyl (C=O) groups excluding carboxylic acids is 2. The average Bonchev–Trinajstić information content (AvgIpc) is 3.46. The van der Waals surface area contributed by atoms with Crippen molar-refractivity contribution in [1.82, 2.24) is 24.7 Å². The fraction of sp³-hybridized carbons (Fsp3) is 0.345. The number of primary amides is 1. The van der Waals surface area contributed by atoms with E-state index in [1.165, 1.54) is 5.56 Å². The van der Waals surface area contributed by atoms with E-state index in [0.29, 0.717) is 29.7 Å². The van der Waals surface area contributed by atoms with Gasteiger partial charge in [0.15, 0.2) is 11.5 Å². The predicted octanol–water partition coefficient (Wildman–Crippen LogP) is 3.26. The van der Waals surface area contributed by atoms with Crippen molar-refractivity contribution in [3.05, 3.63) is 78.0 Å². The SMILES string of the molecule is NC(=O)c1ncc(N2CCC[C@@H](NC(=O)c3ccc4nccn4c3)C2)nc1Nc1ccc(C2CCOCC2)cc1. The Morgan fingerprint density at radius 3 is 2.65 bits per heavy atom. The second-order valence-electron chi connectivity index (χ2n) is 10.3. The van der Waals surface area contributed by atoms with Crippen LogP contribution < -0.4 is 21.3 Å². The van der Waals surface area contributed by atoms with Crippen molar-refractivity contribution < 1.29 is 14.3 Å². The summed E-state index contributed by atoms with van der Waals surface area (Å²) in [5, 5.41) is 6.39. The summed E-state index contributed by atoms with van der Waals surface area (Å²) in [4.78, 5) is 40.5. The molecule has 0 unspecified atom stereocenters. The van der Waals surface area contributed by atoms with Crippen LogP contribution in [0.25, 0.3) is 5.65 Å². The van der Waals surface area contributed by atoms with Crippen LogP contribution in [0.5, 0.6) is 0 Å². The Morgan fingerprint density at radius 1 is 1.02 bits per heavy atom. The zero-order chi connectivity index (χ0) is 27.5. The number of piperidine rings is 1. The molecular formula is C29H32N8O3. The number of amides is 2. The van der Waals surface area contributed by atoms with Gasteiger partial charge in [-0.05, 0) is 61.4 Å². The van der Waals surface area contributed by atoms with Gasteiger partial charge in [-0.3, -0.25) is 9.59 Å². The lowest BCUT2D eigenvalue weighted by Gasteiger charge is -2.34. The molecule has 40 heavy (non-hydrogen) atoms. The lowest BCUT2D eigenvalue weighted by atomic mass is 9.92. The van der Waals surface area contributed by atoms with E-state index in [9.17, 15) is 9.59 Å². The summed E-state index contributed by atoms with van der Waals surface area (Å²) in [7, 11) is 0. The van der Waals surface area contributed by atoms with Gasteiger partial charge >= 0.3 is 0 Å².